The second-order valence-electron chi connectivity index (χ2n) is 7.83. The highest BCUT2D eigenvalue weighted by atomic mass is 32.1. The normalized spacial score (nSPS) is 13.7. The van der Waals surface area contributed by atoms with Crippen LogP contribution in [0.25, 0.3) is 10.4 Å². The summed E-state index contributed by atoms with van der Waals surface area (Å²) < 4.78 is 5.00. The number of hydrogen-bond donors (Lipinski definition) is 1. The first-order valence-electron chi connectivity index (χ1n) is 10.6. The third kappa shape index (κ3) is 4.64. The maximum absolute atomic E-state index is 12.4. The summed E-state index contributed by atoms with van der Waals surface area (Å²) in [6, 6.07) is 18.3. The number of benzene rings is 2. The van der Waals surface area contributed by atoms with Gasteiger partial charge in [-0.25, -0.2) is 4.79 Å². The number of thiophene rings is 1. The van der Waals surface area contributed by atoms with Crippen molar-refractivity contribution in [2.75, 3.05) is 43.5 Å². The minimum Gasteiger partial charge on any atom is -0.465 e. The summed E-state index contributed by atoms with van der Waals surface area (Å²) in [5, 5.41) is 4.67. The van der Waals surface area contributed by atoms with Crippen LogP contribution in [0.3, 0.4) is 0 Å². The van der Waals surface area contributed by atoms with Crippen LogP contribution in [0.2, 0.25) is 0 Å². The molecule has 1 N–H and O–H groups in total. The predicted octanol–water partition coefficient (Wildman–Crippen LogP) is 5.34. The minimum atomic E-state index is -0.367. The fraction of sp³-hybridized carbons (Fsp3) is 0.280. The molecule has 5 nitrogen and oxygen atoms in total. The molecule has 1 saturated heterocycles. The van der Waals surface area contributed by atoms with Crippen molar-refractivity contribution >= 4 is 45.3 Å². The SMILES string of the molecule is COC(=O)c1cc(-c2ccccc2)sc1NC(=S)N1CCN(c2cccc(C)c2C)CC1. The Morgan fingerprint density at radius 2 is 1.75 bits per heavy atom. The van der Waals surface area contributed by atoms with Gasteiger partial charge in [-0.3, -0.25) is 0 Å². The summed E-state index contributed by atoms with van der Waals surface area (Å²) in [7, 11) is 1.40. The van der Waals surface area contributed by atoms with Gasteiger partial charge in [0, 0.05) is 36.7 Å². The Hall–Kier alpha value is -2.90. The lowest BCUT2D eigenvalue weighted by molar-refractivity contribution is 0.0602. The maximum atomic E-state index is 12.4. The number of nitrogens with one attached hydrogen (secondary N) is 1. The number of piperazine rings is 1. The van der Waals surface area contributed by atoms with Crippen molar-refractivity contribution in [1.82, 2.24) is 4.90 Å². The number of hydrogen-bond acceptors (Lipinski definition) is 5. The first-order valence-corrected chi connectivity index (χ1v) is 11.8. The molecular weight excluding hydrogens is 438 g/mol. The molecule has 0 spiro atoms. The summed E-state index contributed by atoms with van der Waals surface area (Å²) in [4.78, 5) is 18.0. The lowest BCUT2D eigenvalue weighted by atomic mass is 10.1. The molecule has 0 atom stereocenters. The second kappa shape index (κ2) is 9.71. The Bertz CT molecular complexity index is 1120. The van der Waals surface area contributed by atoms with Gasteiger partial charge in [0.15, 0.2) is 5.11 Å². The second-order valence-corrected chi connectivity index (χ2v) is 9.27. The van der Waals surface area contributed by atoms with Crippen LogP contribution in [0.1, 0.15) is 21.5 Å². The molecule has 32 heavy (non-hydrogen) atoms. The summed E-state index contributed by atoms with van der Waals surface area (Å²) >= 11 is 7.23. The molecule has 0 amide bonds. The van der Waals surface area contributed by atoms with E-state index in [9.17, 15) is 4.79 Å². The smallest absolute Gasteiger partial charge is 0.340 e. The molecule has 1 aliphatic rings. The van der Waals surface area contributed by atoms with E-state index in [0.29, 0.717) is 10.7 Å². The van der Waals surface area contributed by atoms with Gasteiger partial charge in [-0.2, -0.15) is 0 Å². The van der Waals surface area contributed by atoms with Crippen LogP contribution < -0.4 is 10.2 Å². The molecule has 2 heterocycles. The Labute approximate surface area is 198 Å². The third-order valence-electron chi connectivity index (χ3n) is 5.90. The van der Waals surface area contributed by atoms with Crippen molar-refractivity contribution in [3.8, 4) is 10.4 Å². The first-order chi connectivity index (χ1) is 15.5. The van der Waals surface area contributed by atoms with Crippen LogP contribution >= 0.6 is 23.6 Å². The van der Waals surface area contributed by atoms with E-state index in [1.807, 2.05) is 36.4 Å². The van der Waals surface area contributed by atoms with Crippen LogP contribution in [-0.2, 0) is 4.74 Å². The zero-order valence-corrected chi connectivity index (χ0v) is 20.2. The van der Waals surface area contributed by atoms with Crippen molar-refractivity contribution in [2.45, 2.75) is 13.8 Å². The average molecular weight is 466 g/mol. The predicted molar refractivity (Wildman–Crippen MR) is 137 cm³/mol. The van der Waals surface area contributed by atoms with Crippen LogP contribution in [0.5, 0.6) is 0 Å². The van der Waals surface area contributed by atoms with Gasteiger partial charge in [0.05, 0.1) is 12.7 Å². The fourth-order valence-electron chi connectivity index (χ4n) is 3.89. The van der Waals surface area contributed by atoms with E-state index in [2.05, 4.69) is 47.2 Å². The molecule has 1 fully saturated rings. The Morgan fingerprint density at radius 3 is 2.44 bits per heavy atom. The molecular formula is C25H27N3O2S2. The van der Waals surface area contributed by atoms with Gasteiger partial charge in [-0.15, -0.1) is 11.3 Å². The number of thiocarbonyl (C=S) groups is 1. The first kappa shape index (κ1) is 22.3. The quantitative estimate of drug-likeness (QED) is 0.415. The molecule has 7 heteroatoms. The van der Waals surface area contributed by atoms with Gasteiger partial charge in [0.2, 0.25) is 0 Å². The van der Waals surface area contributed by atoms with Crippen LogP contribution in [0, 0.1) is 13.8 Å². The van der Waals surface area contributed by atoms with Crippen molar-refractivity contribution < 1.29 is 9.53 Å². The van der Waals surface area contributed by atoms with Crippen LogP contribution in [0.4, 0.5) is 10.7 Å². The number of nitrogens with zero attached hydrogens (tertiary/aromatic N) is 2. The highest BCUT2D eigenvalue weighted by Crippen LogP contribution is 2.36. The number of anilines is 2. The van der Waals surface area contributed by atoms with Gasteiger partial charge in [-0.1, -0.05) is 42.5 Å². The number of rotatable bonds is 4. The van der Waals surface area contributed by atoms with Gasteiger partial charge >= 0.3 is 5.97 Å². The Balaban J connectivity index is 1.47. The zero-order valence-electron chi connectivity index (χ0n) is 18.6. The average Bonchev–Trinajstić information content (AvgIpc) is 3.25. The van der Waals surface area contributed by atoms with Crippen molar-refractivity contribution in [3.63, 3.8) is 0 Å². The van der Waals surface area contributed by atoms with E-state index < -0.39 is 0 Å². The molecule has 2 aromatic carbocycles. The number of ether oxygens (including phenoxy) is 1. The highest BCUT2D eigenvalue weighted by Gasteiger charge is 2.23. The fourth-order valence-corrected chi connectivity index (χ4v) is 5.29. The van der Waals surface area contributed by atoms with Gasteiger partial charge < -0.3 is 19.9 Å². The lowest BCUT2D eigenvalue weighted by Crippen LogP contribution is -2.50. The summed E-state index contributed by atoms with van der Waals surface area (Å²) in [5.74, 6) is -0.367. The Morgan fingerprint density at radius 1 is 1.03 bits per heavy atom. The number of carbonyl (C=O) groups excluding carboxylic acids is 1. The van der Waals surface area contributed by atoms with E-state index in [1.54, 1.807) is 0 Å². The lowest BCUT2D eigenvalue weighted by Gasteiger charge is -2.38. The summed E-state index contributed by atoms with van der Waals surface area (Å²) in [6.45, 7) is 7.77. The maximum Gasteiger partial charge on any atom is 0.340 e. The Kier molecular flexibility index (Phi) is 6.77. The van der Waals surface area contributed by atoms with E-state index in [0.717, 1.165) is 41.6 Å². The monoisotopic (exact) mass is 465 g/mol. The molecule has 1 aliphatic heterocycles. The number of carbonyl (C=O) groups is 1. The number of aryl methyl sites for hydroxylation is 1. The minimum absolute atomic E-state index is 0.367. The third-order valence-corrected chi connectivity index (χ3v) is 7.36. The van der Waals surface area contributed by atoms with Crippen LogP contribution in [0.15, 0.2) is 54.6 Å². The number of esters is 1. The topological polar surface area (TPSA) is 44.8 Å². The molecule has 0 radical (unpaired) electrons. The summed E-state index contributed by atoms with van der Waals surface area (Å²) in [6.07, 6.45) is 0. The molecule has 0 bridgehead atoms. The molecule has 0 unspecified atom stereocenters. The van der Waals surface area contributed by atoms with Crippen molar-refractivity contribution in [3.05, 3.63) is 71.3 Å². The van der Waals surface area contributed by atoms with Crippen molar-refractivity contribution in [1.29, 1.82) is 0 Å². The molecule has 4 rings (SSSR count). The van der Waals surface area contributed by atoms with Gasteiger partial charge in [0.25, 0.3) is 0 Å². The van der Waals surface area contributed by atoms with Gasteiger partial charge in [0.1, 0.15) is 5.00 Å². The van der Waals surface area contributed by atoms with E-state index >= 15 is 0 Å². The standard InChI is InChI=1S/C25H27N3O2S2/c1-17-8-7-11-21(18(17)2)27-12-14-28(15-13-27)25(31)26-23-20(24(29)30-3)16-22(32-23)19-9-5-4-6-10-19/h4-11,16H,12-15H2,1-3H3,(H,26,31). The van der Waals surface area contributed by atoms with E-state index in [1.165, 1.54) is 35.3 Å². The van der Waals surface area contributed by atoms with E-state index in [-0.39, 0.29) is 5.97 Å². The molecule has 0 aliphatic carbocycles. The summed E-state index contributed by atoms with van der Waals surface area (Å²) in [5.41, 5.74) is 5.50. The van der Waals surface area contributed by atoms with E-state index in [4.69, 9.17) is 17.0 Å². The largest absolute Gasteiger partial charge is 0.465 e. The van der Waals surface area contributed by atoms with Gasteiger partial charge in [-0.05, 0) is 54.9 Å². The molecule has 166 valence electrons. The molecule has 0 saturated carbocycles. The molecule has 3 aromatic rings. The number of methoxy groups -OCH3 is 1. The van der Waals surface area contributed by atoms with Crippen molar-refractivity contribution in [2.24, 2.45) is 0 Å². The molecule has 1 aromatic heterocycles. The zero-order chi connectivity index (χ0) is 22.7. The highest BCUT2D eigenvalue weighted by molar-refractivity contribution is 7.80. The van der Waals surface area contributed by atoms with Crippen LogP contribution in [-0.4, -0.2) is 49.3 Å².